The Labute approximate surface area is 174 Å². The van der Waals surface area contributed by atoms with E-state index in [2.05, 4.69) is 10.6 Å². The number of amides is 3. The summed E-state index contributed by atoms with van der Waals surface area (Å²) < 4.78 is 0. The summed E-state index contributed by atoms with van der Waals surface area (Å²) in [4.78, 5) is 36.7. The number of ketones is 1. The standard InChI is InChI=1S/C24H22N2O4/c1-16-3-2-4-20(15-16)22(28)18-7-9-19(10-8-18)23(29)26-24(30)25-14-13-17-5-11-21(27)12-6-17/h2-12,15,27H,13-14H2,1H3,(H2,25,26,29,30). The molecule has 3 amide bonds. The van der Waals surface area contributed by atoms with Crippen molar-refractivity contribution in [3.8, 4) is 5.75 Å². The molecule has 0 atom stereocenters. The van der Waals surface area contributed by atoms with Gasteiger partial charge >= 0.3 is 6.03 Å². The van der Waals surface area contributed by atoms with E-state index in [1.807, 2.05) is 25.1 Å². The van der Waals surface area contributed by atoms with Crippen LogP contribution in [0.3, 0.4) is 0 Å². The number of phenols is 1. The van der Waals surface area contributed by atoms with Gasteiger partial charge in [-0.05, 0) is 49.2 Å². The molecule has 0 spiro atoms. The van der Waals surface area contributed by atoms with Gasteiger partial charge in [-0.25, -0.2) is 4.79 Å². The first-order chi connectivity index (χ1) is 14.4. The van der Waals surface area contributed by atoms with Crippen LogP contribution in [0.15, 0.2) is 72.8 Å². The fourth-order valence-corrected chi connectivity index (χ4v) is 2.93. The first kappa shape index (κ1) is 20.8. The molecular formula is C24H22N2O4. The number of nitrogens with one attached hydrogen (secondary N) is 2. The minimum Gasteiger partial charge on any atom is -0.508 e. The number of hydrogen-bond donors (Lipinski definition) is 3. The van der Waals surface area contributed by atoms with Gasteiger partial charge in [0.25, 0.3) is 5.91 Å². The molecule has 0 bridgehead atoms. The molecule has 0 aliphatic carbocycles. The number of carbonyl (C=O) groups is 3. The highest BCUT2D eigenvalue weighted by Crippen LogP contribution is 2.13. The third-order valence-electron chi connectivity index (χ3n) is 4.55. The third kappa shape index (κ3) is 5.54. The highest BCUT2D eigenvalue weighted by molar-refractivity contribution is 6.10. The van der Waals surface area contributed by atoms with Gasteiger partial charge in [0.2, 0.25) is 0 Å². The van der Waals surface area contributed by atoms with E-state index in [0.29, 0.717) is 24.1 Å². The Kier molecular flexibility index (Phi) is 6.60. The van der Waals surface area contributed by atoms with Crippen LogP contribution in [-0.2, 0) is 6.42 Å². The predicted octanol–water partition coefficient (Wildman–Crippen LogP) is 3.61. The largest absolute Gasteiger partial charge is 0.508 e. The molecule has 6 nitrogen and oxygen atoms in total. The molecule has 0 unspecified atom stereocenters. The Balaban J connectivity index is 1.52. The van der Waals surface area contributed by atoms with E-state index in [1.165, 1.54) is 12.1 Å². The van der Waals surface area contributed by atoms with Crippen LogP contribution in [0, 0.1) is 6.92 Å². The zero-order valence-corrected chi connectivity index (χ0v) is 16.5. The number of aryl methyl sites for hydroxylation is 1. The number of phenolic OH excluding ortho intramolecular Hbond substituents is 1. The molecule has 0 heterocycles. The number of imide groups is 1. The summed E-state index contributed by atoms with van der Waals surface area (Å²) >= 11 is 0. The summed E-state index contributed by atoms with van der Waals surface area (Å²) in [5, 5.41) is 14.1. The second-order valence-electron chi connectivity index (χ2n) is 6.90. The van der Waals surface area contributed by atoms with Gasteiger partial charge in [0.05, 0.1) is 0 Å². The first-order valence-corrected chi connectivity index (χ1v) is 9.51. The van der Waals surface area contributed by atoms with Crippen molar-refractivity contribution < 1.29 is 19.5 Å². The minimum absolute atomic E-state index is 0.127. The quantitative estimate of drug-likeness (QED) is 0.549. The fraction of sp³-hybridized carbons (Fsp3) is 0.125. The van der Waals surface area contributed by atoms with Gasteiger partial charge in [0, 0.05) is 23.2 Å². The molecule has 0 saturated carbocycles. The van der Waals surface area contributed by atoms with Gasteiger partial charge < -0.3 is 10.4 Å². The van der Waals surface area contributed by atoms with Crippen LogP contribution in [0.5, 0.6) is 5.75 Å². The molecule has 0 aliphatic rings. The Morgan fingerprint density at radius 2 is 1.50 bits per heavy atom. The van der Waals surface area contributed by atoms with Crippen LogP contribution in [0.2, 0.25) is 0 Å². The Morgan fingerprint density at radius 3 is 2.17 bits per heavy atom. The fourth-order valence-electron chi connectivity index (χ4n) is 2.93. The van der Waals surface area contributed by atoms with Crippen molar-refractivity contribution in [2.45, 2.75) is 13.3 Å². The van der Waals surface area contributed by atoms with Crippen molar-refractivity contribution in [2.75, 3.05) is 6.54 Å². The summed E-state index contributed by atoms with van der Waals surface area (Å²) in [5.74, 6) is -0.494. The van der Waals surface area contributed by atoms with E-state index in [0.717, 1.165) is 11.1 Å². The molecular weight excluding hydrogens is 380 g/mol. The van der Waals surface area contributed by atoms with Crippen molar-refractivity contribution in [1.82, 2.24) is 10.6 Å². The van der Waals surface area contributed by atoms with Crippen molar-refractivity contribution >= 4 is 17.7 Å². The number of urea groups is 1. The van der Waals surface area contributed by atoms with E-state index in [9.17, 15) is 19.5 Å². The van der Waals surface area contributed by atoms with Crippen molar-refractivity contribution in [1.29, 1.82) is 0 Å². The predicted molar refractivity (Wildman–Crippen MR) is 114 cm³/mol. The highest BCUT2D eigenvalue weighted by atomic mass is 16.3. The lowest BCUT2D eigenvalue weighted by molar-refractivity contribution is 0.0962. The lowest BCUT2D eigenvalue weighted by atomic mass is 10.0. The van der Waals surface area contributed by atoms with E-state index in [4.69, 9.17) is 0 Å². The summed E-state index contributed by atoms with van der Waals surface area (Å²) in [6, 6.07) is 19.6. The number of rotatable bonds is 6. The summed E-state index contributed by atoms with van der Waals surface area (Å²) in [6.07, 6.45) is 0.567. The molecule has 6 heteroatoms. The van der Waals surface area contributed by atoms with Gasteiger partial charge in [-0.3, -0.25) is 14.9 Å². The first-order valence-electron chi connectivity index (χ1n) is 9.51. The molecule has 3 rings (SSSR count). The monoisotopic (exact) mass is 402 g/mol. The zero-order chi connectivity index (χ0) is 21.5. The highest BCUT2D eigenvalue weighted by Gasteiger charge is 2.13. The van der Waals surface area contributed by atoms with E-state index < -0.39 is 11.9 Å². The van der Waals surface area contributed by atoms with E-state index in [-0.39, 0.29) is 17.1 Å². The smallest absolute Gasteiger partial charge is 0.321 e. The van der Waals surface area contributed by atoms with Crippen LogP contribution in [0.25, 0.3) is 0 Å². The van der Waals surface area contributed by atoms with E-state index >= 15 is 0 Å². The summed E-state index contributed by atoms with van der Waals surface area (Å²) in [7, 11) is 0. The van der Waals surface area contributed by atoms with Gasteiger partial charge in [-0.1, -0.05) is 48.0 Å². The lowest BCUT2D eigenvalue weighted by Crippen LogP contribution is -2.40. The van der Waals surface area contributed by atoms with Gasteiger partial charge in [-0.2, -0.15) is 0 Å². The Bertz CT molecular complexity index is 1060. The van der Waals surface area contributed by atoms with Crippen molar-refractivity contribution in [3.63, 3.8) is 0 Å². The van der Waals surface area contributed by atoms with Gasteiger partial charge in [-0.15, -0.1) is 0 Å². The molecule has 30 heavy (non-hydrogen) atoms. The number of benzene rings is 3. The molecule has 152 valence electrons. The van der Waals surface area contributed by atoms with Crippen LogP contribution in [0.1, 0.15) is 37.4 Å². The molecule has 0 fully saturated rings. The van der Waals surface area contributed by atoms with Crippen LogP contribution >= 0.6 is 0 Å². The Morgan fingerprint density at radius 1 is 0.833 bits per heavy atom. The SMILES string of the molecule is Cc1cccc(C(=O)c2ccc(C(=O)NC(=O)NCCc3ccc(O)cc3)cc2)c1. The maximum atomic E-state index is 12.5. The second-order valence-corrected chi connectivity index (χ2v) is 6.90. The molecule has 3 aromatic rings. The van der Waals surface area contributed by atoms with Crippen LogP contribution in [-0.4, -0.2) is 29.4 Å². The maximum Gasteiger partial charge on any atom is 0.321 e. The molecule has 0 radical (unpaired) electrons. The Hall–Kier alpha value is -3.93. The van der Waals surface area contributed by atoms with Crippen molar-refractivity contribution in [2.24, 2.45) is 0 Å². The second kappa shape index (κ2) is 9.52. The van der Waals surface area contributed by atoms with Crippen LogP contribution in [0.4, 0.5) is 4.79 Å². The molecule has 0 aliphatic heterocycles. The van der Waals surface area contributed by atoms with Gasteiger partial charge in [0.15, 0.2) is 5.78 Å². The molecule has 0 aromatic heterocycles. The summed E-state index contributed by atoms with van der Waals surface area (Å²) in [5.41, 5.74) is 3.28. The third-order valence-corrected chi connectivity index (χ3v) is 4.55. The molecule has 0 saturated heterocycles. The summed E-state index contributed by atoms with van der Waals surface area (Å²) in [6.45, 7) is 2.26. The van der Waals surface area contributed by atoms with E-state index in [1.54, 1.807) is 42.5 Å². The number of carbonyl (C=O) groups excluding carboxylic acids is 3. The normalized spacial score (nSPS) is 10.3. The number of aromatic hydroxyl groups is 1. The average molecular weight is 402 g/mol. The number of hydrogen-bond acceptors (Lipinski definition) is 4. The van der Waals surface area contributed by atoms with Crippen molar-refractivity contribution in [3.05, 3.63) is 101 Å². The maximum absolute atomic E-state index is 12.5. The van der Waals surface area contributed by atoms with Gasteiger partial charge in [0.1, 0.15) is 5.75 Å². The molecule has 3 N–H and O–H groups in total. The topological polar surface area (TPSA) is 95.5 Å². The minimum atomic E-state index is -0.598. The lowest BCUT2D eigenvalue weighted by Gasteiger charge is -2.08. The molecule has 3 aromatic carbocycles. The van der Waals surface area contributed by atoms with Crippen LogP contribution < -0.4 is 10.6 Å². The zero-order valence-electron chi connectivity index (χ0n) is 16.5. The average Bonchev–Trinajstić information content (AvgIpc) is 2.74.